The lowest BCUT2D eigenvalue weighted by atomic mass is 10.6. The molecule has 3 nitrogen and oxygen atoms in total. The zero-order valence-electron chi connectivity index (χ0n) is 9.08. The van der Waals surface area contributed by atoms with E-state index in [4.69, 9.17) is 0 Å². The molecule has 0 unspecified atom stereocenters. The minimum absolute atomic E-state index is 0.646. The zero-order valence-corrected chi connectivity index (χ0v) is 11.6. The molecule has 0 aliphatic carbocycles. The van der Waals surface area contributed by atoms with Gasteiger partial charge in [-0.1, -0.05) is 29.8 Å². The molecule has 0 aromatic rings. The van der Waals surface area contributed by atoms with Crippen molar-refractivity contribution in [2.24, 2.45) is 0 Å². The van der Waals surface area contributed by atoms with Crippen molar-refractivity contribution in [3.8, 4) is 0 Å². The Bertz CT molecular complexity index is 161. The molecule has 0 spiro atoms. The Morgan fingerprint density at radius 2 is 1.31 bits per heavy atom. The molecular weight excluding hydrogens is 258 g/mol. The SMILES string of the molecule is CC(C)Br.CN(C)P(=O)(F)N(C)C. The van der Waals surface area contributed by atoms with Crippen molar-refractivity contribution in [1.82, 2.24) is 9.34 Å². The summed E-state index contributed by atoms with van der Waals surface area (Å²) < 4.78 is 25.7. The highest BCUT2D eigenvalue weighted by molar-refractivity contribution is 9.09. The fourth-order valence-electron chi connectivity index (χ4n) is 0.358. The number of hydrogen-bond acceptors (Lipinski definition) is 1. The molecule has 0 N–H and O–H groups in total. The lowest BCUT2D eigenvalue weighted by molar-refractivity contribution is 0.399. The smallest absolute Gasteiger partial charge is 0.251 e. The second kappa shape index (κ2) is 6.93. The molecule has 0 aliphatic heterocycles. The van der Waals surface area contributed by atoms with Gasteiger partial charge in [-0.25, -0.2) is 9.34 Å². The van der Waals surface area contributed by atoms with E-state index in [0.29, 0.717) is 4.83 Å². The minimum Gasteiger partial charge on any atom is -0.251 e. The van der Waals surface area contributed by atoms with Gasteiger partial charge in [-0.15, -0.1) is 0 Å². The van der Waals surface area contributed by atoms with Crippen molar-refractivity contribution < 1.29 is 8.76 Å². The lowest BCUT2D eigenvalue weighted by Gasteiger charge is -2.21. The van der Waals surface area contributed by atoms with E-state index in [-0.39, 0.29) is 0 Å². The van der Waals surface area contributed by atoms with Crippen LogP contribution in [-0.2, 0) is 4.57 Å². The number of rotatable bonds is 2. The summed E-state index contributed by atoms with van der Waals surface area (Å²) >= 11 is 3.27. The summed E-state index contributed by atoms with van der Waals surface area (Å²) in [4.78, 5) is 0.646. The molecule has 0 aliphatic rings. The fraction of sp³-hybridized carbons (Fsp3) is 1.00. The van der Waals surface area contributed by atoms with E-state index in [0.717, 1.165) is 9.34 Å². The summed E-state index contributed by atoms with van der Waals surface area (Å²) in [7, 11) is 2.11. The summed E-state index contributed by atoms with van der Waals surface area (Å²) in [5.74, 6) is 0. The molecule has 0 saturated carbocycles. The number of alkyl halides is 1. The molecule has 0 fully saturated rings. The van der Waals surface area contributed by atoms with Crippen molar-refractivity contribution in [2.45, 2.75) is 18.7 Å². The molecule has 13 heavy (non-hydrogen) atoms. The summed E-state index contributed by atoms with van der Waals surface area (Å²) in [5, 5.41) is 0. The molecule has 6 heteroatoms. The van der Waals surface area contributed by atoms with Crippen molar-refractivity contribution in [3.63, 3.8) is 0 Å². The molecule has 0 heterocycles. The molecule has 0 aromatic carbocycles. The highest BCUT2D eigenvalue weighted by atomic mass is 79.9. The predicted molar refractivity (Wildman–Crippen MR) is 60.2 cm³/mol. The predicted octanol–water partition coefficient (Wildman–Crippen LogP) is 2.98. The standard InChI is InChI=1S/C4H12FN2OP.C3H7Br/c1-6(2)9(5,8)7(3)4;1-3(2)4/h1-4H3;3H,1-2H3. The topological polar surface area (TPSA) is 23.6 Å². The van der Waals surface area contributed by atoms with Crippen LogP contribution < -0.4 is 0 Å². The van der Waals surface area contributed by atoms with Gasteiger partial charge in [0, 0.05) is 4.83 Å². The molecule has 0 amide bonds. The second-order valence-corrected chi connectivity index (χ2v) is 7.56. The summed E-state index contributed by atoms with van der Waals surface area (Å²) in [5.41, 5.74) is 0. The van der Waals surface area contributed by atoms with E-state index in [1.165, 1.54) is 28.2 Å². The van der Waals surface area contributed by atoms with Gasteiger partial charge < -0.3 is 0 Å². The summed E-state index contributed by atoms with van der Waals surface area (Å²) in [6.07, 6.45) is 0. The second-order valence-electron chi connectivity index (χ2n) is 3.18. The molecule has 0 rings (SSSR count). The summed E-state index contributed by atoms with van der Waals surface area (Å²) in [6.45, 7) is 4.17. The Morgan fingerprint density at radius 3 is 1.31 bits per heavy atom. The summed E-state index contributed by atoms with van der Waals surface area (Å²) in [6, 6.07) is 0. The van der Waals surface area contributed by atoms with Crippen LogP contribution in [0, 0.1) is 0 Å². The largest absolute Gasteiger partial charge is 0.381 e. The van der Waals surface area contributed by atoms with Crippen LogP contribution in [0.25, 0.3) is 0 Å². The van der Waals surface area contributed by atoms with Crippen molar-refractivity contribution in [1.29, 1.82) is 0 Å². The monoisotopic (exact) mass is 276 g/mol. The third-order valence-corrected chi connectivity index (χ3v) is 2.96. The van der Waals surface area contributed by atoms with Gasteiger partial charge in [0.25, 0.3) is 0 Å². The number of nitrogens with zero attached hydrogens (tertiary/aromatic N) is 2. The average Bonchev–Trinajstić information content (AvgIpc) is 1.85. The van der Waals surface area contributed by atoms with Gasteiger partial charge in [-0.3, -0.25) is 4.57 Å². The zero-order chi connectivity index (χ0) is 11.2. The van der Waals surface area contributed by atoms with E-state index >= 15 is 0 Å². The van der Waals surface area contributed by atoms with E-state index in [1.807, 2.05) is 0 Å². The first kappa shape index (κ1) is 16.0. The lowest BCUT2D eigenvalue weighted by Crippen LogP contribution is -2.17. The van der Waals surface area contributed by atoms with E-state index in [2.05, 4.69) is 29.8 Å². The van der Waals surface area contributed by atoms with Crippen LogP contribution in [-0.4, -0.2) is 42.4 Å². The number of halogens is 2. The quantitative estimate of drug-likeness (QED) is 0.572. The molecule has 0 atom stereocenters. The molecule has 0 bridgehead atoms. The highest BCUT2D eigenvalue weighted by Gasteiger charge is 2.26. The van der Waals surface area contributed by atoms with Gasteiger partial charge in [0.15, 0.2) is 0 Å². The normalized spacial score (nSPS) is 11.9. The molecule has 0 radical (unpaired) electrons. The first-order valence-electron chi connectivity index (χ1n) is 3.91. The highest BCUT2D eigenvalue weighted by Crippen LogP contribution is 2.50. The van der Waals surface area contributed by atoms with Gasteiger partial charge >= 0.3 is 7.75 Å². The molecule has 0 aromatic heterocycles. The van der Waals surface area contributed by atoms with Crippen LogP contribution in [0.3, 0.4) is 0 Å². The average molecular weight is 277 g/mol. The van der Waals surface area contributed by atoms with Gasteiger partial charge in [0.2, 0.25) is 0 Å². The Morgan fingerprint density at radius 1 is 1.15 bits per heavy atom. The maximum absolute atomic E-state index is 12.7. The maximum atomic E-state index is 12.7. The Kier molecular flexibility index (Phi) is 8.54. The first-order valence-corrected chi connectivity index (χ1v) is 6.33. The van der Waals surface area contributed by atoms with Gasteiger partial charge in [-0.05, 0) is 28.2 Å². The van der Waals surface area contributed by atoms with Crippen LogP contribution in [0.4, 0.5) is 4.20 Å². The Labute approximate surface area is 89.0 Å². The van der Waals surface area contributed by atoms with Crippen molar-refractivity contribution in [3.05, 3.63) is 0 Å². The van der Waals surface area contributed by atoms with E-state index < -0.39 is 7.75 Å². The number of hydrogen-bond donors (Lipinski definition) is 0. The fourth-order valence-corrected chi connectivity index (χ4v) is 1.07. The van der Waals surface area contributed by atoms with Crippen LogP contribution in [0.1, 0.15) is 13.8 Å². The third-order valence-electron chi connectivity index (χ3n) is 0.987. The minimum atomic E-state index is -3.67. The molecular formula is C7H19BrFN2OP. The van der Waals surface area contributed by atoms with Crippen molar-refractivity contribution in [2.75, 3.05) is 28.2 Å². The van der Waals surface area contributed by atoms with Crippen LogP contribution >= 0.6 is 23.7 Å². The van der Waals surface area contributed by atoms with E-state index in [9.17, 15) is 8.76 Å². The van der Waals surface area contributed by atoms with Gasteiger partial charge in [0.1, 0.15) is 0 Å². The van der Waals surface area contributed by atoms with Crippen LogP contribution in [0.2, 0.25) is 0 Å². The molecule has 82 valence electrons. The molecule has 0 saturated heterocycles. The van der Waals surface area contributed by atoms with E-state index in [1.54, 1.807) is 0 Å². The van der Waals surface area contributed by atoms with Crippen LogP contribution in [0.5, 0.6) is 0 Å². The Hall–Kier alpha value is 0.560. The Balaban J connectivity index is 0. The van der Waals surface area contributed by atoms with Gasteiger partial charge in [0.05, 0.1) is 0 Å². The third kappa shape index (κ3) is 8.88. The van der Waals surface area contributed by atoms with Crippen molar-refractivity contribution >= 4 is 23.7 Å². The van der Waals surface area contributed by atoms with Gasteiger partial charge in [-0.2, -0.15) is 4.20 Å². The van der Waals surface area contributed by atoms with Crippen LogP contribution in [0.15, 0.2) is 0 Å². The maximum Gasteiger partial charge on any atom is 0.381 e. The first-order chi connectivity index (χ1) is 5.62.